The summed E-state index contributed by atoms with van der Waals surface area (Å²) in [4.78, 5) is 29.7. The molecule has 2 heterocycles. The lowest BCUT2D eigenvalue weighted by Crippen LogP contribution is -2.46. The summed E-state index contributed by atoms with van der Waals surface area (Å²) in [5, 5.41) is 0. The second kappa shape index (κ2) is 8.21. The van der Waals surface area contributed by atoms with Gasteiger partial charge in [-0.1, -0.05) is 25.1 Å². The lowest BCUT2D eigenvalue weighted by molar-refractivity contribution is -0.139. The molecule has 0 bridgehead atoms. The SMILES string of the molecule is CCc1cccc(C)c1N1C[C@H](C(=O)N(CC)C2CCOCC2)CC1=O. The Labute approximate surface area is 156 Å². The number of ether oxygens (including phenoxy) is 1. The fraction of sp³-hybridized carbons (Fsp3) is 0.619. The number of nitrogens with zero attached hydrogens (tertiary/aromatic N) is 2. The van der Waals surface area contributed by atoms with Crippen LogP contribution < -0.4 is 4.90 Å². The number of carbonyl (C=O) groups is 2. The largest absolute Gasteiger partial charge is 0.381 e. The van der Waals surface area contributed by atoms with Gasteiger partial charge in [-0.25, -0.2) is 0 Å². The van der Waals surface area contributed by atoms with Crippen molar-refractivity contribution in [2.45, 2.75) is 52.5 Å². The minimum Gasteiger partial charge on any atom is -0.381 e. The Morgan fingerprint density at radius 3 is 2.65 bits per heavy atom. The molecule has 5 heteroatoms. The van der Waals surface area contributed by atoms with Gasteiger partial charge >= 0.3 is 0 Å². The maximum absolute atomic E-state index is 13.1. The van der Waals surface area contributed by atoms with Crippen LogP contribution in [0.2, 0.25) is 0 Å². The summed E-state index contributed by atoms with van der Waals surface area (Å²) in [5.41, 5.74) is 3.27. The second-order valence-electron chi connectivity index (χ2n) is 7.31. The summed E-state index contributed by atoms with van der Waals surface area (Å²) in [6.07, 6.45) is 2.97. The van der Waals surface area contributed by atoms with Gasteiger partial charge in [0, 0.05) is 44.5 Å². The van der Waals surface area contributed by atoms with Crippen molar-refractivity contribution in [3.63, 3.8) is 0 Å². The van der Waals surface area contributed by atoms with Crippen LogP contribution >= 0.6 is 0 Å². The van der Waals surface area contributed by atoms with Crippen molar-refractivity contribution in [2.75, 3.05) is 31.2 Å². The zero-order valence-corrected chi connectivity index (χ0v) is 16.2. The number of hydrogen-bond acceptors (Lipinski definition) is 3. The monoisotopic (exact) mass is 358 g/mol. The van der Waals surface area contributed by atoms with Gasteiger partial charge in [-0.05, 0) is 44.2 Å². The van der Waals surface area contributed by atoms with E-state index in [1.807, 2.05) is 35.8 Å². The topological polar surface area (TPSA) is 49.9 Å². The standard InChI is InChI=1S/C21H30N2O3/c1-4-16-8-6-7-15(3)20(16)23-14-17(13-19(23)24)21(25)22(5-2)18-9-11-26-12-10-18/h6-8,17-18H,4-5,9-14H2,1-3H3/t17-/m1/s1. The zero-order valence-electron chi connectivity index (χ0n) is 16.2. The zero-order chi connectivity index (χ0) is 18.7. The van der Waals surface area contributed by atoms with Gasteiger partial charge in [0.2, 0.25) is 11.8 Å². The van der Waals surface area contributed by atoms with E-state index < -0.39 is 0 Å². The molecule has 0 unspecified atom stereocenters. The predicted molar refractivity (Wildman–Crippen MR) is 102 cm³/mol. The Morgan fingerprint density at radius 1 is 1.27 bits per heavy atom. The lowest BCUT2D eigenvalue weighted by Gasteiger charge is -2.35. The average Bonchev–Trinajstić information content (AvgIpc) is 3.04. The molecule has 3 rings (SSSR count). The van der Waals surface area contributed by atoms with Gasteiger partial charge < -0.3 is 14.5 Å². The molecule has 1 aromatic carbocycles. The molecule has 0 spiro atoms. The summed E-state index contributed by atoms with van der Waals surface area (Å²) >= 11 is 0. The lowest BCUT2D eigenvalue weighted by atomic mass is 10.0. The first-order chi connectivity index (χ1) is 12.6. The van der Waals surface area contributed by atoms with Crippen LogP contribution in [-0.4, -0.2) is 49.1 Å². The normalized spacial score (nSPS) is 21.3. The van der Waals surface area contributed by atoms with Crippen LogP contribution in [0.1, 0.15) is 44.2 Å². The smallest absolute Gasteiger partial charge is 0.228 e. The van der Waals surface area contributed by atoms with E-state index in [-0.39, 0.29) is 23.8 Å². The van der Waals surface area contributed by atoms with Crippen molar-refractivity contribution in [3.05, 3.63) is 29.3 Å². The van der Waals surface area contributed by atoms with Crippen molar-refractivity contribution in [3.8, 4) is 0 Å². The Hall–Kier alpha value is -1.88. The molecule has 0 N–H and O–H groups in total. The third-order valence-electron chi connectivity index (χ3n) is 5.70. The quantitative estimate of drug-likeness (QED) is 0.813. The molecule has 2 aliphatic heterocycles. The van der Waals surface area contributed by atoms with Crippen LogP contribution in [0.4, 0.5) is 5.69 Å². The summed E-state index contributed by atoms with van der Waals surface area (Å²) in [6.45, 7) is 8.79. The average molecular weight is 358 g/mol. The molecular formula is C21H30N2O3. The van der Waals surface area contributed by atoms with E-state index in [9.17, 15) is 9.59 Å². The third kappa shape index (κ3) is 3.63. The first-order valence-corrected chi connectivity index (χ1v) is 9.83. The van der Waals surface area contributed by atoms with Crippen LogP contribution in [0.5, 0.6) is 0 Å². The van der Waals surface area contributed by atoms with Crippen LogP contribution in [0.15, 0.2) is 18.2 Å². The van der Waals surface area contributed by atoms with E-state index in [0.29, 0.717) is 32.7 Å². The minimum atomic E-state index is -0.241. The molecular weight excluding hydrogens is 328 g/mol. The summed E-state index contributed by atoms with van der Waals surface area (Å²) in [6, 6.07) is 6.39. The fourth-order valence-corrected chi connectivity index (χ4v) is 4.31. The molecule has 1 atom stereocenters. The molecule has 0 radical (unpaired) electrons. The molecule has 2 fully saturated rings. The second-order valence-corrected chi connectivity index (χ2v) is 7.31. The van der Waals surface area contributed by atoms with E-state index in [1.165, 1.54) is 5.56 Å². The Kier molecular flexibility index (Phi) is 5.97. The molecule has 0 aromatic heterocycles. The highest BCUT2D eigenvalue weighted by Gasteiger charge is 2.39. The van der Waals surface area contributed by atoms with Crippen molar-refractivity contribution in [1.82, 2.24) is 4.90 Å². The number of aryl methyl sites for hydroxylation is 2. The molecule has 0 saturated carbocycles. The number of benzene rings is 1. The molecule has 0 aliphatic carbocycles. The number of para-hydroxylation sites is 1. The number of hydrogen-bond donors (Lipinski definition) is 0. The summed E-state index contributed by atoms with van der Waals surface area (Å²) < 4.78 is 5.43. The van der Waals surface area contributed by atoms with Gasteiger partial charge in [-0.2, -0.15) is 0 Å². The van der Waals surface area contributed by atoms with Gasteiger partial charge in [-0.15, -0.1) is 0 Å². The molecule has 5 nitrogen and oxygen atoms in total. The highest BCUT2D eigenvalue weighted by Crippen LogP contribution is 2.32. The maximum Gasteiger partial charge on any atom is 0.228 e. The van der Waals surface area contributed by atoms with E-state index in [2.05, 4.69) is 13.0 Å². The highest BCUT2D eigenvalue weighted by molar-refractivity contribution is 6.01. The Morgan fingerprint density at radius 2 is 2.00 bits per heavy atom. The number of amides is 2. The van der Waals surface area contributed by atoms with Crippen LogP contribution in [0, 0.1) is 12.8 Å². The first kappa shape index (κ1) is 18.9. The van der Waals surface area contributed by atoms with Crippen LogP contribution in [0.3, 0.4) is 0 Å². The maximum atomic E-state index is 13.1. The van der Waals surface area contributed by atoms with Crippen molar-refractivity contribution >= 4 is 17.5 Å². The van der Waals surface area contributed by atoms with Crippen LogP contribution in [-0.2, 0) is 20.7 Å². The van der Waals surface area contributed by atoms with E-state index in [4.69, 9.17) is 4.74 Å². The Balaban J connectivity index is 1.78. The van der Waals surface area contributed by atoms with Crippen molar-refractivity contribution < 1.29 is 14.3 Å². The fourth-order valence-electron chi connectivity index (χ4n) is 4.31. The summed E-state index contributed by atoms with van der Waals surface area (Å²) in [7, 11) is 0. The minimum absolute atomic E-state index is 0.0652. The van der Waals surface area contributed by atoms with Gasteiger partial charge in [0.05, 0.1) is 5.92 Å². The number of rotatable bonds is 5. The molecule has 2 aliphatic rings. The van der Waals surface area contributed by atoms with Gasteiger partial charge in [-0.3, -0.25) is 9.59 Å². The summed E-state index contributed by atoms with van der Waals surface area (Å²) in [5.74, 6) is -0.0492. The molecule has 142 valence electrons. The predicted octanol–water partition coefficient (Wildman–Crippen LogP) is 2.94. The first-order valence-electron chi connectivity index (χ1n) is 9.83. The molecule has 26 heavy (non-hydrogen) atoms. The Bertz CT molecular complexity index is 667. The van der Waals surface area contributed by atoms with Crippen molar-refractivity contribution in [1.29, 1.82) is 0 Å². The van der Waals surface area contributed by atoms with Crippen molar-refractivity contribution in [2.24, 2.45) is 5.92 Å². The third-order valence-corrected chi connectivity index (χ3v) is 5.70. The van der Waals surface area contributed by atoms with Crippen LogP contribution in [0.25, 0.3) is 0 Å². The van der Waals surface area contributed by atoms with E-state index >= 15 is 0 Å². The molecule has 2 amide bonds. The van der Waals surface area contributed by atoms with E-state index in [0.717, 1.165) is 30.5 Å². The molecule has 2 saturated heterocycles. The van der Waals surface area contributed by atoms with Gasteiger partial charge in [0.25, 0.3) is 0 Å². The molecule has 1 aromatic rings. The van der Waals surface area contributed by atoms with Gasteiger partial charge in [0.15, 0.2) is 0 Å². The van der Waals surface area contributed by atoms with E-state index in [1.54, 1.807) is 0 Å². The van der Waals surface area contributed by atoms with Gasteiger partial charge in [0.1, 0.15) is 0 Å². The number of anilines is 1. The highest BCUT2D eigenvalue weighted by atomic mass is 16.5. The number of carbonyl (C=O) groups excluding carboxylic acids is 2.